The van der Waals surface area contributed by atoms with Gasteiger partial charge in [0.2, 0.25) is 0 Å². The van der Waals surface area contributed by atoms with Gasteiger partial charge in [-0.25, -0.2) is 0 Å². The number of hydrogen-bond acceptors (Lipinski definition) is 1. The summed E-state index contributed by atoms with van der Waals surface area (Å²) in [6, 6.07) is 0. The van der Waals surface area contributed by atoms with Crippen LogP contribution in [0.1, 0.15) is 0 Å². The topological polar surface area (TPSA) is 23.1 Å². The van der Waals surface area contributed by atoms with Crippen LogP contribution in [0.25, 0.3) is 0 Å². The summed E-state index contributed by atoms with van der Waals surface area (Å²) < 4.78 is -0.361. The molecule has 0 aromatic heterocycles. The second-order valence-corrected chi connectivity index (χ2v) is 1.74. The zero-order valence-corrected chi connectivity index (χ0v) is 4.16. The molecule has 2 nitrogen and oxygen atoms in total. The summed E-state index contributed by atoms with van der Waals surface area (Å²) in [6.45, 7) is 0. The van der Waals surface area contributed by atoms with Crippen LogP contribution < -0.4 is 0 Å². The monoisotopic (exact) mass is 97.1 g/mol. The number of allylic oxidation sites excluding steroid dienone is 2. The molecule has 0 saturated carbocycles. The summed E-state index contributed by atoms with van der Waals surface area (Å²) >= 11 is 0. The largest absolute Gasteiger partial charge is 0.623 e. The molecule has 0 bridgehead atoms. The van der Waals surface area contributed by atoms with Crippen molar-refractivity contribution in [3.63, 3.8) is 0 Å². The average Bonchev–Trinajstić information content (AvgIpc) is 1.84. The van der Waals surface area contributed by atoms with E-state index < -0.39 is 0 Å². The van der Waals surface area contributed by atoms with Gasteiger partial charge in [-0.2, -0.15) is 0 Å². The fourth-order valence-electron chi connectivity index (χ4n) is 0.491. The lowest BCUT2D eigenvalue weighted by Gasteiger charge is -2.26. The Balaban J connectivity index is 2.77. The maximum atomic E-state index is 10.7. The third-order valence-corrected chi connectivity index (χ3v) is 0.875. The Hall–Kier alpha value is -0.600. The molecule has 0 fully saturated rings. The van der Waals surface area contributed by atoms with Gasteiger partial charge in [-0.3, -0.25) is 0 Å². The smallest absolute Gasteiger partial charge is 0.100 e. The fraction of sp³-hybridized carbons (Fsp3) is 0.200. The first kappa shape index (κ1) is 4.56. The highest BCUT2D eigenvalue weighted by atomic mass is 16.5. The molecule has 2 heteroatoms. The van der Waals surface area contributed by atoms with Crippen molar-refractivity contribution >= 4 is 0 Å². The number of hydroxylamine groups is 3. The molecule has 0 aromatic carbocycles. The molecule has 0 aliphatic carbocycles. The number of rotatable bonds is 0. The van der Waals surface area contributed by atoms with Crippen molar-refractivity contribution in [2.24, 2.45) is 0 Å². The van der Waals surface area contributed by atoms with E-state index in [1.54, 1.807) is 31.6 Å². The average molecular weight is 97.1 g/mol. The minimum Gasteiger partial charge on any atom is -0.623 e. The number of quaternary nitrogens is 1. The SMILES string of the molecule is C[N+]1([O-])C=CC=C1. The number of hydrogen-bond donors (Lipinski definition) is 0. The molecule has 0 atom stereocenters. The first-order valence-electron chi connectivity index (χ1n) is 2.15. The van der Waals surface area contributed by atoms with Crippen molar-refractivity contribution in [3.8, 4) is 0 Å². The maximum Gasteiger partial charge on any atom is 0.100 e. The highest BCUT2D eigenvalue weighted by molar-refractivity contribution is 5.03. The van der Waals surface area contributed by atoms with E-state index in [4.69, 9.17) is 0 Å². The molecule has 0 aromatic rings. The van der Waals surface area contributed by atoms with Gasteiger partial charge in [-0.15, -0.1) is 0 Å². The Morgan fingerprint density at radius 3 is 1.86 bits per heavy atom. The fourth-order valence-corrected chi connectivity index (χ4v) is 0.491. The molecule has 0 unspecified atom stereocenters. The normalized spacial score (nSPS) is 23.7. The van der Waals surface area contributed by atoms with Gasteiger partial charge < -0.3 is 9.85 Å². The maximum absolute atomic E-state index is 10.7. The Morgan fingerprint density at radius 2 is 1.71 bits per heavy atom. The highest BCUT2D eigenvalue weighted by Gasteiger charge is 2.01. The minimum atomic E-state index is -0.361. The van der Waals surface area contributed by atoms with E-state index in [9.17, 15) is 5.21 Å². The summed E-state index contributed by atoms with van der Waals surface area (Å²) in [5.41, 5.74) is 0. The van der Waals surface area contributed by atoms with E-state index in [1.165, 1.54) is 0 Å². The van der Waals surface area contributed by atoms with E-state index in [1.807, 2.05) is 0 Å². The van der Waals surface area contributed by atoms with Crippen molar-refractivity contribution in [1.82, 2.24) is 0 Å². The van der Waals surface area contributed by atoms with E-state index in [-0.39, 0.29) is 4.65 Å². The van der Waals surface area contributed by atoms with Gasteiger partial charge in [0.05, 0.1) is 7.05 Å². The van der Waals surface area contributed by atoms with E-state index in [0.29, 0.717) is 0 Å². The van der Waals surface area contributed by atoms with Crippen LogP contribution in [0, 0.1) is 5.21 Å². The van der Waals surface area contributed by atoms with Crippen molar-refractivity contribution in [1.29, 1.82) is 0 Å². The van der Waals surface area contributed by atoms with Crippen molar-refractivity contribution < 1.29 is 4.65 Å². The van der Waals surface area contributed by atoms with Gasteiger partial charge in [-0.05, 0) is 12.2 Å². The van der Waals surface area contributed by atoms with Crippen LogP contribution in [0.3, 0.4) is 0 Å². The molecule has 7 heavy (non-hydrogen) atoms. The summed E-state index contributed by atoms with van der Waals surface area (Å²) in [4.78, 5) is 0. The molecular weight excluding hydrogens is 90.1 g/mol. The van der Waals surface area contributed by atoms with Crippen LogP contribution in [-0.4, -0.2) is 11.7 Å². The predicted molar refractivity (Wildman–Crippen MR) is 27.8 cm³/mol. The third-order valence-electron chi connectivity index (χ3n) is 0.875. The molecule has 1 aliphatic heterocycles. The van der Waals surface area contributed by atoms with Crippen LogP contribution in [0.15, 0.2) is 24.6 Å². The highest BCUT2D eigenvalue weighted by Crippen LogP contribution is 2.07. The summed E-state index contributed by atoms with van der Waals surface area (Å²) in [7, 11) is 1.57. The van der Waals surface area contributed by atoms with Crippen molar-refractivity contribution in [3.05, 3.63) is 29.8 Å². The molecule has 1 rings (SSSR count). The van der Waals surface area contributed by atoms with Crippen LogP contribution in [0.5, 0.6) is 0 Å². The molecule has 0 saturated heterocycles. The molecule has 1 aliphatic rings. The Labute approximate surface area is 42.5 Å². The van der Waals surface area contributed by atoms with Gasteiger partial charge in [0, 0.05) is 0 Å². The Kier molecular flexibility index (Phi) is 0.770. The second-order valence-electron chi connectivity index (χ2n) is 1.74. The summed E-state index contributed by atoms with van der Waals surface area (Å²) in [5.74, 6) is 0. The van der Waals surface area contributed by atoms with E-state index in [2.05, 4.69) is 0 Å². The molecule has 0 amide bonds. The van der Waals surface area contributed by atoms with E-state index >= 15 is 0 Å². The summed E-state index contributed by atoms with van der Waals surface area (Å²) in [5, 5.41) is 10.7. The molecule has 0 spiro atoms. The van der Waals surface area contributed by atoms with Crippen LogP contribution >= 0.6 is 0 Å². The zero-order valence-electron chi connectivity index (χ0n) is 4.16. The van der Waals surface area contributed by atoms with E-state index in [0.717, 1.165) is 0 Å². The molecule has 0 radical (unpaired) electrons. The lowest BCUT2D eigenvalue weighted by Crippen LogP contribution is -2.20. The second kappa shape index (κ2) is 1.18. The summed E-state index contributed by atoms with van der Waals surface area (Å²) in [6.07, 6.45) is 6.62. The van der Waals surface area contributed by atoms with Gasteiger partial charge >= 0.3 is 0 Å². The van der Waals surface area contributed by atoms with Gasteiger partial charge in [-0.1, -0.05) is 0 Å². The molecule has 0 N–H and O–H groups in total. The minimum absolute atomic E-state index is 0.361. The van der Waals surface area contributed by atoms with Crippen LogP contribution in [0.2, 0.25) is 0 Å². The standard InChI is InChI=1S/C5H7NO/c1-6(7)4-2-3-5-6/h2-5H,1H3. The molecule has 38 valence electrons. The Morgan fingerprint density at radius 1 is 1.29 bits per heavy atom. The molecular formula is C5H7NO. The lowest BCUT2D eigenvalue weighted by molar-refractivity contribution is -0.748. The van der Waals surface area contributed by atoms with Gasteiger partial charge in [0.1, 0.15) is 12.4 Å². The zero-order chi connectivity index (χ0) is 5.33. The quantitative estimate of drug-likeness (QED) is 0.326. The van der Waals surface area contributed by atoms with Crippen LogP contribution in [-0.2, 0) is 0 Å². The number of nitrogens with zero attached hydrogens (tertiary/aromatic N) is 1. The van der Waals surface area contributed by atoms with Crippen molar-refractivity contribution in [2.75, 3.05) is 7.05 Å². The van der Waals surface area contributed by atoms with Gasteiger partial charge in [0.15, 0.2) is 0 Å². The first-order chi connectivity index (χ1) is 3.21. The van der Waals surface area contributed by atoms with Gasteiger partial charge in [0.25, 0.3) is 0 Å². The van der Waals surface area contributed by atoms with Crippen molar-refractivity contribution in [2.45, 2.75) is 0 Å². The predicted octanol–water partition coefficient (Wildman–Crippen LogP) is 0.972. The third kappa shape index (κ3) is 0.885. The first-order valence-corrected chi connectivity index (χ1v) is 2.15. The lowest BCUT2D eigenvalue weighted by atomic mass is 10.6. The van der Waals surface area contributed by atoms with Crippen LogP contribution in [0.4, 0.5) is 0 Å². The Bertz CT molecular complexity index is 110. The molecule has 1 heterocycles.